The van der Waals surface area contributed by atoms with E-state index in [9.17, 15) is 22.8 Å². The molecule has 1 fully saturated rings. The molecule has 4 rings (SSSR count). The largest absolute Gasteiger partial charge is 0.480 e. The smallest absolute Gasteiger partial charge is 0.416 e. The number of piperazine rings is 1. The average molecular weight is 575 g/mol. The van der Waals surface area contributed by atoms with Gasteiger partial charge in [0.25, 0.3) is 0 Å². The molecule has 9 nitrogen and oxygen atoms in total. The first-order valence-corrected chi connectivity index (χ1v) is 12.0. The molecule has 1 saturated heterocycles. The summed E-state index contributed by atoms with van der Waals surface area (Å²) in [6.45, 7) is 5.86. The second-order valence-electron chi connectivity index (χ2n) is 8.53. The number of methoxy groups -OCH3 is 1. The molecule has 3 aromatic rings. The molecule has 2 aromatic heterocycles. The van der Waals surface area contributed by atoms with E-state index < -0.39 is 17.6 Å². The van der Waals surface area contributed by atoms with Crippen molar-refractivity contribution in [2.24, 2.45) is 0 Å². The van der Waals surface area contributed by atoms with E-state index in [1.54, 1.807) is 11.5 Å². The van der Waals surface area contributed by atoms with Gasteiger partial charge in [0.2, 0.25) is 17.2 Å². The molecule has 3 heterocycles. The number of hydrogen-bond acceptors (Lipinski definition) is 7. The second-order valence-corrected chi connectivity index (χ2v) is 8.94. The maximum atomic E-state index is 13.6. The normalized spacial score (nSPS) is 13.8. The van der Waals surface area contributed by atoms with Crippen LogP contribution in [0.5, 0.6) is 5.88 Å². The Kier molecular flexibility index (Phi) is 9.11. The van der Waals surface area contributed by atoms with Gasteiger partial charge in [-0.2, -0.15) is 13.2 Å². The fraction of sp³-hybridized carbons (Fsp3) is 0.417. The Bertz CT molecular complexity index is 1410. The van der Waals surface area contributed by atoms with Crippen LogP contribution < -0.4 is 25.7 Å². The summed E-state index contributed by atoms with van der Waals surface area (Å²) >= 11 is 6.03. The van der Waals surface area contributed by atoms with Gasteiger partial charge in [-0.1, -0.05) is 18.5 Å². The Morgan fingerprint density at radius 1 is 1.24 bits per heavy atom. The number of nitrogens with zero attached hydrogens (tertiary/aromatic N) is 4. The summed E-state index contributed by atoms with van der Waals surface area (Å²) < 4.78 is 45.9. The van der Waals surface area contributed by atoms with E-state index in [4.69, 9.17) is 16.3 Å². The molecule has 2 N–H and O–H groups in total. The molecule has 1 aliphatic heterocycles. The van der Waals surface area contributed by atoms with Gasteiger partial charge in [0, 0.05) is 31.9 Å². The number of alkyl halides is 3. The molecular weight excluding hydrogens is 548 g/mol. The van der Waals surface area contributed by atoms with E-state index in [-0.39, 0.29) is 52.1 Å². The molecule has 206 valence electrons. The highest BCUT2D eigenvalue weighted by atomic mass is 35.5. The van der Waals surface area contributed by atoms with Gasteiger partial charge in [-0.15, -0.1) is 12.4 Å². The van der Waals surface area contributed by atoms with Gasteiger partial charge in [-0.25, -0.2) is 9.97 Å². The van der Waals surface area contributed by atoms with Crippen LogP contribution in [0.3, 0.4) is 0 Å². The molecular formula is C24H27Cl2F3N6O3. The Balaban J connectivity index is 0.00000400. The van der Waals surface area contributed by atoms with E-state index >= 15 is 0 Å². The van der Waals surface area contributed by atoms with Gasteiger partial charge >= 0.3 is 6.18 Å². The highest BCUT2D eigenvalue weighted by Gasteiger charge is 2.31. The predicted octanol–water partition coefficient (Wildman–Crippen LogP) is 3.81. The third kappa shape index (κ3) is 5.82. The highest BCUT2D eigenvalue weighted by Crippen LogP contribution is 2.34. The number of nitrogens with one attached hydrogen (secondary N) is 2. The number of aryl methyl sites for hydroxylation is 1. The van der Waals surface area contributed by atoms with Gasteiger partial charge in [0.15, 0.2) is 11.2 Å². The number of ether oxygens (including phenoxy) is 1. The van der Waals surface area contributed by atoms with Crippen LogP contribution in [0, 0.1) is 6.92 Å². The van der Waals surface area contributed by atoms with Crippen molar-refractivity contribution in [3.63, 3.8) is 0 Å². The molecule has 0 atom stereocenters. The lowest BCUT2D eigenvalue weighted by Gasteiger charge is -2.32. The number of halogens is 5. The fourth-order valence-corrected chi connectivity index (χ4v) is 4.62. The molecule has 0 bridgehead atoms. The van der Waals surface area contributed by atoms with E-state index in [2.05, 4.69) is 20.6 Å². The average Bonchev–Trinajstić information content (AvgIpc) is 2.86. The van der Waals surface area contributed by atoms with Crippen LogP contribution in [0.4, 0.5) is 24.5 Å². The Morgan fingerprint density at radius 3 is 2.50 bits per heavy atom. The first kappa shape index (κ1) is 29.5. The molecule has 0 aliphatic carbocycles. The van der Waals surface area contributed by atoms with E-state index in [1.807, 2.05) is 11.8 Å². The zero-order valence-corrected chi connectivity index (χ0v) is 22.5. The maximum absolute atomic E-state index is 13.6. The number of carbonyl (C=O) groups excluding carboxylic acids is 1. The van der Waals surface area contributed by atoms with Gasteiger partial charge in [0.05, 0.1) is 23.4 Å². The molecule has 38 heavy (non-hydrogen) atoms. The van der Waals surface area contributed by atoms with Crippen LogP contribution in [0.2, 0.25) is 5.02 Å². The summed E-state index contributed by atoms with van der Waals surface area (Å²) in [6.07, 6.45) is -4.14. The monoisotopic (exact) mass is 574 g/mol. The summed E-state index contributed by atoms with van der Waals surface area (Å²) in [5, 5.41) is 5.58. The van der Waals surface area contributed by atoms with Crippen molar-refractivity contribution < 1.29 is 22.7 Å². The summed E-state index contributed by atoms with van der Waals surface area (Å²) in [5.74, 6) is -0.351. The number of fused-ring (bicyclic) bond motifs is 1. The number of hydrogen-bond donors (Lipinski definition) is 2. The minimum absolute atomic E-state index is 0. The molecule has 0 saturated carbocycles. The molecule has 14 heteroatoms. The lowest BCUT2D eigenvalue weighted by Crippen LogP contribution is -2.46. The first-order valence-electron chi connectivity index (χ1n) is 11.6. The van der Waals surface area contributed by atoms with Crippen LogP contribution in [-0.2, 0) is 23.9 Å². The number of carbonyl (C=O) groups is 1. The maximum Gasteiger partial charge on any atom is 0.416 e. The predicted molar refractivity (Wildman–Crippen MR) is 142 cm³/mol. The van der Waals surface area contributed by atoms with Crippen LogP contribution in [-0.4, -0.2) is 53.7 Å². The van der Waals surface area contributed by atoms with Crippen molar-refractivity contribution in [3.05, 3.63) is 50.4 Å². The molecule has 0 unspecified atom stereocenters. The number of anilines is 2. The Labute approximate surface area is 227 Å². The number of pyridine rings is 1. The van der Waals surface area contributed by atoms with E-state index in [1.165, 1.54) is 7.11 Å². The number of aromatic nitrogens is 3. The van der Waals surface area contributed by atoms with Gasteiger partial charge in [-0.05, 0) is 31.5 Å². The third-order valence-corrected chi connectivity index (χ3v) is 6.44. The Hall–Kier alpha value is -3.09. The Morgan fingerprint density at radius 2 is 1.92 bits per heavy atom. The SMILES string of the molecule is CCc1c(N2CCNCC2)c(=O)c2nc(OC)c(C)nc2n1CC(=O)Nc1ccc(C(F)(F)F)cc1Cl.Cl. The summed E-state index contributed by atoms with van der Waals surface area (Å²) in [5.41, 5.74) is 0.573. The van der Waals surface area contributed by atoms with Gasteiger partial charge in [0.1, 0.15) is 17.9 Å². The highest BCUT2D eigenvalue weighted by molar-refractivity contribution is 6.33. The second kappa shape index (κ2) is 11.7. The summed E-state index contributed by atoms with van der Waals surface area (Å²) in [6, 6.07) is 2.71. The van der Waals surface area contributed by atoms with Gasteiger partial charge < -0.3 is 24.8 Å². The van der Waals surface area contributed by atoms with Crippen LogP contribution in [0.1, 0.15) is 23.9 Å². The van der Waals surface area contributed by atoms with Crippen molar-refractivity contribution in [1.29, 1.82) is 0 Å². The van der Waals surface area contributed by atoms with Crippen LogP contribution >= 0.6 is 24.0 Å². The topological polar surface area (TPSA) is 101 Å². The van der Waals surface area contributed by atoms with E-state index in [0.717, 1.165) is 18.2 Å². The van der Waals surface area contributed by atoms with Crippen molar-refractivity contribution >= 4 is 52.5 Å². The number of benzene rings is 1. The number of amides is 1. The van der Waals surface area contributed by atoms with E-state index in [0.29, 0.717) is 49.7 Å². The molecule has 1 aromatic carbocycles. The van der Waals surface area contributed by atoms with Gasteiger partial charge in [-0.3, -0.25) is 9.59 Å². The van der Waals surface area contributed by atoms with Crippen LogP contribution in [0.15, 0.2) is 23.0 Å². The quantitative estimate of drug-likeness (QED) is 0.461. The third-order valence-electron chi connectivity index (χ3n) is 6.13. The lowest BCUT2D eigenvalue weighted by atomic mass is 10.1. The zero-order chi connectivity index (χ0) is 26.9. The molecule has 1 aliphatic rings. The standard InChI is InChI=1S/C24H26ClF3N6O3.ClH/c1-4-17-20(33-9-7-29-8-10-33)21(36)19-22(30-13(2)23(32-19)37-3)34(17)12-18(35)31-16-6-5-14(11-15(16)25)24(26,27)28;/h5-6,11,29H,4,7-10,12H2,1-3H3,(H,31,35);1H. The van der Waals surface area contributed by atoms with Crippen molar-refractivity contribution in [3.8, 4) is 5.88 Å². The van der Waals surface area contributed by atoms with Crippen LogP contribution in [0.25, 0.3) is 11.2 Å². The molecule has 0 spiro atoms. The number of rotatable bonds is 6. The summed E-state index contributed by atoms with van der Waals surface area (Å²) in [7, 11) is 1.43. The molecule has 0 radical (unpaired) electrons. The summed E-state index contributed by atoms with van der Waals surface area (Å²) in [4.78, 5) is 37.7. The fourth-order valence-electron chi connectivity index (χ4n) is 4.39. The minimum Gasteiger partial charge on any atom is -0.480 e. The zero-order valence-electron chi connectivity index (χ0n) is 20.9. The lowest BCUT2D eigenvalue weighted by molar-refractivity contribution is -0.137. The minimum atomic E-state index is -4.56. The van der Waals surface area contributed by atoms with Crippen molar-refractivity contribution in [2.75, 3.05) is 43.5 Å². The van der Waals surface area contributed by atoms with Crippen molar-refractivity contribution in [2.45, 2.75) is 33.0 Å². The van der Waals surface area contributed by atoms with Crippen molar-refractivity contribution in [1.82, 2.24) is 19.9 Å². The molecule has 1 amide bonds. The first-order chi connectivity index (χ1) is 17.5.